The van der Waals surface area contributed by atoms with Crippen molar-refractivity contribution in [2.75, 3.05) is 13.2 Å². The van der Waals surface area contributed by atoms with E-state index in [1.807, 2.05) is 12.1 Å². The van der Waals surface area contributed by atoms with Gasteiger partial charge in [0, 0.05) is 11.1 Å². The van der Waals surface area contributed by atoms with Crippen LogP contribution in [0.5, 0.6) is 11.5 Å². The van der Waals surface area contributed by atoms with E-state index in [-0.39, 0.29) is 5.38 Å². The molecule has 3 rings (SSSR count). The Bertz CT molecular complexity index is 475. The monoisotopic (exact) mass is 300 g/mol. The molecule has 19 heavy (non-hydrogen) atoms. The molecule has 1 aromatic rings. The Labute approximate surface area is 124 Å². The van der Waals surface area contributed by atoms with Crippen LogP contribution in [0.25, 0.3) is 0 Å². The zero-order chi connectivity index (χ0) is 13.4. The summed E-state index contributed by atoms with van der Waals surface area (Å²) in [6.45, 7) is 3.44. The number of ether oxygens (including phenoxy) is 2. The Kier molecular flexibility index (Phi) is 3.81. The van der Waals surface area contributed by atoms with Gasteiger partial charge in [-0.1, -0.05) is 31.4 Å². The van der Waals surface area contributed by atoms with E-state index in [4.69, 9.17) is 32.7 Å². The summed E-state index contributed by atoms with van der Waals surface area (Å²) in [5.41, 5.74) is 0.978. The van der Waals surface area contributed by atoms with E-state index in [0.29, 0.717) is 30.1 Å². The number of benzene rings is 1. The van der Waals surface area contributed by atoms with Crippen LogP contribution in [0.3, 0.4) is 0 Å². The molecule has 0 radical (unpaired) electrons. The van der Waals surface area contributed by atoms with Gasteiger partial charge in [0.25, 0.3) is 0 Å². The van der Waals surface area contributed by atoms with Crippen LogP contribution in [0, 0.1) is 11.8 Å². The summed E-state index contributed by atoms with van der Waals surface area (Å²) >= 11 is 13.0. The molecule has 0 saturated heterocycles. The van der Waals surface area contributed by atoms with E-state index in [9.17, 15) is 0 Å². The number of hydrogen-bond donors (Lipinski definition) is 0. The molecule has 1 fully saturated rings. The normalized spacial score (nSPS) is 27.3. The Morgan fingerprint density at radius 2 is 1.84 bits per heavy atom. The quantitative estimate of drug-likeness (QED) is 0.729. The van der Waals surface area contributed by atoms with Crippen molar-refractivity contribution in [1.82, 2.24) is 0 Å². The third kappa shape index (κ3) is 2.53. The summed E-state index contributed by atoms with van der Waals surface area (Å²) in [6.07, 6.45) is 3.70. The van der Waals surface area contributed by atoms with E-state index in [0.717, 1.165) is 17.1 Å². The molecule has 0 bridgehead atoms. The molecule has 3 atom stereocenters. The van der Waals surface area contributed by atoms with Crippen molar-refractivity contribution in [3.63, 3.8) is 0 Å². The van der Waals surface area contributed by atoms with Crippen molar-refractivity contribution in [3.8, 4) is 11.5 Å². The van der Waals surface area contributed by atoms with E-state index in [2.05, 4.69) is 6.92 Å². The minimum atomic E-state index is -0.0409. The SMILES string of the molecule is CC1CCCC1C(Cl)c1cc2c(cc1Cl)OCCO2. The lowest BCUT2D eigenvalue weighted by atomic mass is 9.90. The molecular formula is C15H18Cl2O2. The number of rotatable bonds is 2. The van der Waals surface area contributed by atoms with Crippen molar-refractivity contribution < 1.29 is 9.47 Å². The van der Waals surface area contributed by atoms with E-state index < -0.39 is 0 Å². The number of fused-ring (bicyclic) bond motifs is 1. The molecule has 1 aliphatic heterocycles. The van der Waals surface area contributed by atoms with Crippen LogP contribution in [0.4, 0.5) is 0 Å². The van der Waals surface area contributed by atoms with Crippen LogP contribution >= 0.6 is 23.2 Å². The molecule has 0 spiro atoms. The average Bonchev–Trinajstić information content (AvgIpc) is 2.83. The third-order valence-corrected chi connectivity index (χ3v) is 5.15. The predicted octanol–water partition coefficient (Wildman–Crippen LogP) is 4.83. The summed E-state index contributed by atoms with van der Waals surface area (Å²) in [7, 11) is 0. The Morgan fingerprint density at radius 1 is 1.16 bits per heavy atom. The van der Waals surface area contributed by atoms with Crippen LogP contribution in [0.1, 0.15) is 37.1 Å². The second-order valence-electron chi connectivity index (χ2n) is 5.49. The first-order valence-corrected chi connectivity index (χ1v) is 7.71. The largest absolute Gasteiger partial charge is 0.486 e. The van der Waals surface area contributed by atoms with Gasteiger partial charge in [-0.25, -0.2) is 0 Å². The molecule has 1 heterocycles. The van der Waals surface area contributed by atoms with E-state index >= 15 is 0 Å². The Morgan fingerprint density at radius 3 is 2.47 bits per heavy atom. The van der Waals surface area contributed by atoms with Crippen LogP contribution in [-0.4, -0.2) is 13.2 Å². The second kappa shape index (κ2) is 5.41. The highest BCUT2D eigenvalue weighted by molar-refractivity contribution is 6.33. The lowest BCUT2D eigenvalue weighted by molar-refractivity contribution is 0.171. The first-order chi connectivity index (χ1) is 9.16. The van der Waals surface area contributed by atoms with Crippen molar-refractivity contribution in [2.24, 2.45) is 11.8 Å². The number of halogens is 2. The lowest BCUT2D eigenvalue weighted by Gasteiger charge is -2.25. The average molecular weight is 301 g/mol. The fourth-order valence-corrected chi connectivity index (χ4v) is 4.01. The van der Waals surface area contributed by atoms with Gasteiger partial charge in [0.05, 0.1) is 5.38 Å². The molecule has 104 valence electrons. The number of alkyl halides is 1. The summed E-state index contributed by atoms with van der Waals surface area (Å²) in [5.74, 6) is 2.65. The maximum atomic E-state index is 6.67. The molecule has 1 saturated carbocycles. The first kappa shape index (κ1) is 13.4. The smallest absolute Gasteiger partial charge is 0.162 e. The van der Waals surface area contributed by atoms with Crippen LogP contribution in [-0.2, 0) is 0 Å². The van der Waals surface area contributed by atoms with E-state index in [1.165, 1.54) is 19.3 Å². The van der Waals surface area contributed by atoms with Crippen molar-refractivity contribution in [3.05, 3.63) is 22.7 Å². The van der Waals surface area contributed by atoms with E-state index in [1.54, 1.807) is 0 Å². The van der Waals surface area contributed by atoms with Gasteiger partial charge < -0.3 is 9.47 Å². The summed E-state index contributed by atoms with van der Waals surface area (Å²) < 4.78 is 11.1. The van der Waals surface area contributed by atoms with Gasteiger partial charge in [0.1, 0.15) is 13.2 Å². The molecule has 1 aliphatic carbocycles. The van der Waals surface area contributed by atoms with Gasteiger partial charge in [-0.2, -0.15) is 0 Å². The van der Waals surface area contributed by atoms with Gasteiger partial charge in [0.15, 0.2) is 11.5 Å². The van der Waals surface area contributed by atoms with Crippen molar-refractivity contribution in [2.45, 2.75) is 31.6 Å². The molecular weight excluding hydrogens is 283 g/mol. The van der Waals surface area contributed by atoms with Crippen LogP contribution in [0.2, 0.25) is 5.02 Å². The zero-order valence-corrected chi connectivity index (χ0v) is 12.5. The molecule has 2 nitrogen and oxygen atoms in total. The predicted molar refractivity (Wildman–Crippen MR) is 77.5 cm³/mol. The van der Waals surface area contributed by atoms with Crippen LogP contribution < -0.4 is 9.47 Å². The highest BCUT2D eigenvalue weighted by Crippen LogP contribution is 2.47. The highest BCUT2D eigenvalue weighted by atomic mass is 35.5. The molecule has 2 aliphatic rings. The standard InChI is InChI=1S/C15H18Cl2O2/c1-9-3-2-4-10(9)15(17)11-7-13-14(8-12(11)16)19-6-5-18-13/h7-10,15H,2-6H2,1H3. The van der Waals surface area contributed by atoms with Gasteiger partial charge in [0.2, 0.25) is 0 Å². The second-order valence-corrected chi connectivity index (χ2v) is 6.37. The summed E-state index contributed by atoms with van der Waals surface area (Å²) in [4.78, 5) is 0. The van der Waals surface area contributed by atoms with Gasteiger partial charge in [-0.05, 0) is 29.9 Å². The molecule has 0 aromatic heterocycles. The van der Waals surface area contributed by atoms with Crippen molar-refractivity contribution >= 4 is 23.2 Å². The summed E-state index contributed by atoms with van der Waals surface area (Å²) in [6, 6.07) is 3.79. The van der Waals surface area contributed by atoms with Crippen LogP contribution in [0.15, 0.2) is 12.1 Å². The van der Waals surface area contributed by atoms with Gasteiger partial charge >= 0.3 is 0 Å². The van der Waals surface area contributed by atoms with Crippen molar-refractivity contribution in [1.29, 1.82) is 0 Å². The fourth-order valence-electron chi connectivity index (χ4n) is 3.13. The summed E-state index contributed by atoms with van der Waals surface area (Å²) in [5, 5.41) is 0.643. The molecule has 3 unspecified atom stereocenters. The highest BCUT2D eigenvalue weighted by Gasteiger charge is 2.32. The topological polar surface area (TPSA) is 18.5 Å². The molecule has 0 N–H and O–H groups in total. The number of hydrogen-bond acceptors (Lipinski definition) is 2. The maximum absolute atomic E-state index is 6.67. The van der Waals surface area contributed by atoms with Gasteiger partial charge in [-0.3, -0.25) is 0 Å². The Hall–Kier alpha value is -0.600. The minimum absolute atomic E-state index is 0.0409. The lowest BCUT2D eigenvalue weighted by Crippen LogP contribution is -2.16. The van der Waals surface area contributed by atoms with Gasteiger partial charge in [-0.15, -0.1) is 11.6 Å². The third-order valence-electron chi connectivity index (χ3n) is 4.26. The fraction of sp³-hybridized carbons (Fsp3) is 0.600. The molecule has 0 amide bonds. The maximum Gasteiger partial charge on any atom is 0.162 e. The minimum Gasteiger partial charge on any atom is -0.486 e. The Balaban J connectivity index is 1.91. The molecule has 1 aromatic carbocycles. The zero-order valence-electron chi connectivity index (χ0n) is 11.0. The molecule has 4 heteroatoms. The first-order valence-electron chi connectivity index (χ1n) is 6.90.